The number of rotatable bonds is 1. The largest absolute Gasteiger partial charge is 0.374 e. The minimum atomic E-state index is 0.518. The molecule has 5 saturated carbocycles. The molecular weight excluding hydrogens is 438 g/mol. The third-order valence-electron chi connectivity index (χ3n) is 12.1. The normalized spacial score (nSPS) is 57.0. The number of fused-ring (bicyclic) bond motifs is 9. The van der Waals surface area contributed by atoms with E-state index in [1.165, 1.54) is 109 Å². The van der Waals surface area contributed by atoms with Crippen LogP contribution in [-0.4, -0.2) is 57.9 Å². The molecule has 5 aliphatic carbocycles. The fourth-order valence-electron chi connectivity index (χ4n) is 10.9. The zero-order valence-electron chi connectivity index (χ0n) is 21.2. The standard InChI is InChI=1S/C30H47NO2S/c1-4-13-24-20(8-1)28-25(32-24)17-16-19-18-9-7-12-23(29(18)33-30(19)28)31-21-10-2-5-14-26(21)34-27-15-6-3-11-22(27)31/h18-30H,1-17H2. The molecule has 0 spiro atoms. The molecule has 0 radical (unpaired) electrons. The molecule has 0 aromatic carbocycles. The van der Waals surface area contributed by atoms with Crippen molar-refractivity contribution in [1.29, 1.82) is 0 Å². The van der Waals surface area contributed by atoms with Crippen LogP contribution in [0, 0.1) is 23.7 Å². The quantitative estimate of drug-likeness (QED) is 0.418. The summed E-state index contributed by atoms with van der Waals surface area (Å²) in [6.45, 7) is 0. The molecule has 3 saturated heterocycles. The fraction of sp³-hybridized carbons (Fsp3) is 1.00. The minimum absolute atomic E-state index is 0.518. The van der Waals surface area contributed by atoms with E-state index in [2.05, 4.69) is 16.7 Å². The van der Waals surface area contributed by atoms with Crippen molar-refractivity contribution < 1.29 is 9.47 Å². The Morgan fingerprint density at radius 3 is 1.94 bits per heavy atom. The van der Waals surface area contributed by atoms with Crippen molar-refractivity contribution in [2.75, 3.05) is 0 Å². The van der Waals surface area contributed by atoms with Gasteiger partial charge >= 0.3 is 0 Å². The predicted octanol–water partition coefficient (Wildman–Crippen LogP) is 6.58. The second-order valence-electron chi connectivity index (χ2n) is 13.6. The van der Waals surface area contributed by atoms with Gasteiger partial charge in [-0.3, -0.25) is 4.90 Å². The molecule has 4 heteroatoms. The predicted molar refractivity (Wildman–Crippen MR) is 138 cm³/mol. The third kappa shape index (κ3) is 3.39. The molecule has 0 aromatic rings. The Kier molecular flexibility index (Phi) is 5.83. The second kappa shape index (κ2) is 8.91. The summed E-state index contributed by atoms with van der Waals surface area (Å²) < 4.78 is 14.2. The van der Waals surface area contributed by atoms with Gasteiger partial charge in [-0.2, -0.15) is 11.8 Å². The number of nitrogens with zero attached hydrogens (tertiary/aromatic N) is 1. The van der Waals surface area contributed by atoms with Crippen LogP contribution in [0.4, 0.5) is 0 Å². The van der Waals surface area contributed by atoms with Crippen LogP contribution in [0.5, 0.6) is 0 Å². The van der Waals surface area contributed by atoms with E-state index in [1.54, 1.807) is 0 Å². The third-order valence-corrected chi connectivity index (χ3v) is 13.9. The first kappa shape index (κ1) is 22.2. The van der Waals surface area contributed by atoms with E-state index in [-0.39, 0.29) is 0 Å². The van der Waals surface area contributed by atoms with Crippen LogP contribution in [-0.2, 0) is 9.47 Å². The van der Waals surface area contributed by atoms with Gasteiger partial charge in [0.05, 0.1) is 24.4 Å². The molecular formula is C30H47NO2S. The van der Waals surface area contributed by atoms with Crippen molar-refractivity contribution in [1.82, 2.24) is 4.90 Å². The first-order valence-corrected chi connectivity index (χ1v) is 16.5. The summed E-state index contributed by atoms with van der Waals surface area (Å²) in [4.78, 5) is 3.20. The van der Waals surface area contributed by atoms with E-state index < -0.39 is 0 Å². The smallest absolute Gasteiger partial charge is 0.0766 e. The number of ether oxygens (including phenoxy) is 2. The highest BCUT2D eigenvalue weighted by Gasteiger charge is 2.61. The summed E-state index contributed by atoms with van der Waals surface area (Å²) in [6, 6.07) is 2.40. The van der Waals surface area contributed by atoms with Gasteiger partial charge in [0.1, 0.15) is 0 Å². The summed E-state index contributed by atoms with van der Waals surface area (Å²) in [7, 11) is 0. The van der Waals surface area contributed by atoms with Crippen LogP contribution in [0.15, 0.2) is 0 Å². The number of hydrogen-bond acceptors (Lipinski definition) is 4. The molecule has 0 aromatic heterocycles. The van der Waals surface area contributed by atoms with Crippen LogP contribution >= 0.6 is 11.8 Å². The van der Waals surface area contributed by atoms with E-state index in [0.717, 1.165) is 46.3 Å². The van der Waals surface area contributed by atoms with Crippen LogP contribution in [0.1, 0.15) is 109 Å². The average molecular weight is 486 g/mol. The summed E-state index contributed by atoms with van der Waals surface area (Å²) >= 11 is 2.44. The Bertz CT molecular complexity index is 740. The number of thioether (sulfide) groups is 1. The maximum absolute atomic E-state index is 7.43. The minimum Gasteiger partial charge on any atom is -0.374 e. The van der Waals surface area contributed by atoms with Crippen LogP contribution in [0.2, 0.25) is 0 Å². The first-order valence-electron chi connectivity index (χ1n) is 15.6. The molecule has 8 rings (SSSR count). The highest BCUT2D eigenvalue weighted by molar-refractivity contribution is 8.00. The maximum atomic E-state index is 7.43. The molecule has 8 aliphatic rings. The first-order chi connectivity index (χ1) is 16.9. The fourth-order valence-corrected chi connectivity index (χ4v) is 12.9. The Morgan fingerprint density at radius 2 is 1.12 bits per heavy atom. The molecule has 3 aliphatic heterocycles. The van der Waals surface area contributed by atoms with Gasteiger partial charge in [-0.15, -0.1) is 0 Å². The average Bonchev–Trinajstić information content (AvgIpc) is 3.45. The van der Waals surface area contributed by atoms with E-state index >= 15 is 0 Å². The molecule has 3 heterocycles. The Labute approximate surface area is 211 Å². The van der Waals surface area contributed by atoms with Gasteiger partial charge in [0.2, 0.25) is 0 Å². The van der Waals surface area contributed by atoms with Crippen LogP contribution in [0.3, 0.4) is 0 Å². The van der Waals surface area contributed by atoms with Crippen molar-refractivity contribution in [3.63, 3.8) is 0 Å². The van der Waals surface area contributed by atoms with E-state index in [1.807, 2.05) is 0 Å². The van der Waals surface area contributed by atoms with E-state index in [4.69, 9.17) is 9.47 Å². The Morgan fingerprint density at radius 1 is 0.471 bits per heavy atom. The summed E-state index contributed by atoms with van der Waals surface area (Å²) in [6.07, 6.45) is 26.5. The molecule has 3 nitrogen and oxygen atoms in total. The van der Waals surface area contributed by atoms with E-state index in [9.17, 15) is 0 Å². The van der Waals surface area contributed by atoms with Crippen molar-refractivity contribution in [3.8, 4) is 0 Å². The zero-order valence-corrected chi connectivity index (χ0v) is 22.0. The second-order valence-corrected chi connectivity index (χ2v) is 15.1. The lowest BCUT2D eigenvalue weighted by molar-refractivity contribution is -0.102. The zero-order chi connectivity index (χ0) is 22.2. The van der Waals surface area contributed by atoms with Crippen molar-refractivity contribution >= 4 is 11.8 Å². The molecule has 13 atom stereocenters. The van der Waals surface area contributed by atoms with Crippen LogP contribution in [0.25, 0.3) is 0 Å². The molecule has 0 N–H and O–H groups in total. The maximum Gasteiger partial charge on any atom is 0.0766 e. The van der Waals surface area contributed by atoms with Gasteiger partial charge in [0.15, 0.2) is 0 Å². The summed E-state index contributed by atoms with van der Waals surface area (Å²) in [5.41, 5.74) is 0. The van der Waals surface area contributed by atoms with E-state index in [0.29, 0.717) is 30.5 Å². The summed E-state index contributed by atoms with van der Waals surface area (Å²) in [5, 5.41) is 1.82. The highest BCUT2D eigenvalue weighted by atomic mass is 32.2. The molecule has 0 amide bonds. The SMILES string of the molecule is C1CCC2C(C1)OC1CCC3C4CCCC(N5C6CCCCC6SC6CCCCC65)C4OC3C12. The Balaban J connectivity index is 1.10. The molecule has 190 valence electrons. The van der Waals surface area contributed by atoms with Crippen molar-refractivity contribution in [3.05, 3.63) is 0 Å². The van der Waals surface area contributed by atoms with Gasteiger partial charge in [-0.1, -0.05) is 44.9 Å². The summed E-state index contributed by atoms with van der Waals surface area (Å²) in [5.74, 6) is 3.20. The van der Waals surface area contributed by atoms with Gasteiger partial charge in [0, 0.05) is 34.5 Å². The van der Waals surface area contributed by atoms with Gasteiger partial charge < -0.3 is 9.47 Å². The van der Waals surface area contributed by atoms with Gasteiger partial charge in [-0.05, 0) is 82.0 Å². The van der Waals surface area contributed by atoms with Crippen molar-refractivity contribution in [2.24, 2.45) is 23.7 Å². The topological polar surface area (TPSA) is 21.7 Å². The molecule has 34 heavy (non-hydrogen) atoms. The monoisotopic (exact) mass is 485 g/mol. The highest BCUT2D eigenvalue weighted by Crippen LogP contribution is 2.58. The molecule has 0 bridgehead atoms. The van der Waals surface area contributed by atoms with Gasteiger partial charge in [0.25, 0.3) is 0 Å². The lowest BCUT2D eigenvalue weighted by Crippen LogP contribution is -2.65. The lowest BCUT2D eigenvalue weighted by Gasteiger charge is -2.58. The lowest BCUT2D eigenvalue weighted by atomic mass is 9.64. The number of hydrogen-bond donors (Lipinski definition) is 0. The molecule has 8 fully saturated rings. The Hall–Kier alpha value is 0.230. The molecule has 13 unspecified atom stereocenters. The van der Waals surface area contributed by atoms with Crippen LogP contribution < -0.4 is 0 Å². The van der Waals surface area contributed by atoms with Gasteiger partial charge in [-0.25, -0.2) is 0 Å². The van der Waals surface area contributed by atoms with Crippen molar-refractivity contribution in [2.45, 2.75) is 162 Å².